The maximum Gasteiger partial charge on any atom is 0.237 e. The fourth-order valence-electron chi connectivity index (χ4n) is 2.61. The van der Waals surface area contributed by atoms with Crippen molar-refractivity contribution < 1.29 is 4.79 Å². The molecule has 1 aliphatic heterocycles. The minimum atomic E-state index is -0.576. The molecule has 1 rings (SSSR count). The first-order valence-electron chi connectivity index (χ1n) is 7.95. The van der Waals surface area contributed by atoms with E-state index in [0.29, 0.717) is 0 Å². The Hall–Kier alpha value is -0.690. The topological polar surface area (TPSA) is 64.8 Å². The smallest absolute Gasteiger partial charge is 0.237 e. The molecule has 0 radical (unpaired) electrons. The molecule has 0 aliphatic carbocycles. The molecule has 1 fully saturated rings. The Labute approximate surface area is 129 Å². The van der Waals surface area contributed by atoms with Crippen molar-refractivity contribution in [3.05, 3.63) is 0 Å². The van der Waals surface area contributed by atoms with E-state index in [4.69, 9.17) is 5.73 Å². The molecule has 1 atom stereocenters. The summed E-state index contributed by atoms with van der Waals surface area (Å²) >= 11 is 0. The number of hydrogen-bond acceptors (Lipinski definition) is 5. The molecule has 1 aliphatic rings. The van der Waals surface area contributed by atoms with Crippen LogP contribution >= 0.6 is 0 Å². The van der Waals surface area contributed by atoms with Crippen LogP contribution in [0.1, 0.15) is 19.8 Å². The van der Waals surface area contributed by atoms with E-state index in [1.807, 2.05) is 6.92 Å². The molecule has 0 saturated carbocycles. The van der Waals surface area contributed by atoms with Gasteiger partial charge in [-0.25, -0.2) is 0 Å². The lowest BCUT2D eigenvalue weighted by molar-refractivity contribution is -0.123. The highest BCUT2D eigenvalue weighted by molar-refractivity contribution is 5.84. The van der Waals surface area contributed by atoms with Gasteiger partial charge < -0.3 is 20.9 Å². The predicted molar refractivity (Wildman–Crippen MR) is 87.3 cm³/mol. The van der Waals surface area contributed by atoms with Gasteiger partial charge in [-0.3, -0.25) is 9.69 Å². The van der Waals surface area contributed by atoms with E-state index in [1.54, 1.807) is 7.05 Å². The van der Waals surface area contributed by atoms with Crippen molar-refractivity contribution in [2.75, 3.05) is 67.0 Å². The van der Waals surface area contributed by atoms with Gasteiger partial charge in [0.05, 0.1) is 5.54 Å². The quantitative estimate of drug-likeness (QED) is 0.596. The summed E-state index contributed by atoms with van der Waals surface area (Å²) in [5, 5.41) is 3.04. The lowest BCUT2D eigenvalue weighted by atomic mass is 9.95. The predicted octanol–water partition coefficient (Wildman–Crippen LogP) is -0.591. The fraction of sp³-hybridized carbons (Fsp3) is 0.933. The second-order valence-electron chi connectivity index (χ2n) is 6.54. The Balaban J connectivity index is 2.20. The van der Waals surface area contributed by atoms with Gasteiger partial charge in [-0.1, -0.05) is 0 Å². The molecule has 1 heterocycles. The van der Waals surface area contributed by atoms with Crippen molar-refractivity contribution >= 4 is 5.91 Å². The standard InChI is InChI=1S/C15H33N5O/c1-15(17-2,14(16)21)6-5-7-19-10-12-20(13-11-19)9-8-18(3)4/h17H,5-13H2,1-4H3,(H2,16,21). The van der Waals surface area contributed by atoms with Gasteiger partial charge in [-0.05, 0) is 47.5 Å². The van der Waals surface area contributed by atoms with Crippen LogP contribution in [0, 0.1) is 0 Å². The molecule has 0 aromatic heterocycles. The summed E-state index contributed by atoms with van der Waals surface area (Å²) in [5.41, 5.74) is 4.88. The van der Waals surface area contributed by atoms with Crippen LogP contribution < -0.4 is 11.1 Å². The maximum absolute atomic E-state index is 11.4. The number of carbonyl (C=O) groups is 1. The highest BCUT2D eigenvalue weighted by Gasteiger charge is 2.28. The highest BCUT2D eigenvalue weighted by Crippen LogP contribution is 2.12. The Morgan fingerprint density at radius 2 is 1.71 bits per heavy atom. The molecular formula is C15H33N5O. The lowest BCUT2D eigenvalue weighted by Crippen LogP contribution is -2.52. The van der Waals surface area contributed by atoms with Crippen molar-refractivity contribution in [1.82, 2.24) is 20.0 Å². The minimum absolute atomic E-state index is 0.265. The van der Waals surface area contributed by atoms with Crippen molar-refractivity contribution in [3.8, 4) is 0 Å². The molecular weight excluding hydrogens is 266 g/mol. The number of carbonyl (C=O) groups excluding carboxylic acids is 1. The molecule has 6 nitrogen and oxygen atoms in total. The van der Waals surface area contributed by atoms with Crippen LogP contribution in [0.4, 0.5) is 0 Å². The average molecular weight is 299 g/mol. The van der Waals surface area contributed by atoms with E-state index in [1.165, 1.54) is 0 Å². The van der Waals surface area contributed by atoms with E-state index in [0.717, 1.165) is 58.7 Å². The van der Waals surface area contributed by atoms with E-state index in [2.05, 4.69) is 34.1 Å². The summed E-state index contributed by atoms with van der Waals surface area (Å²) in [5.74, 6) is -0.265. The fourth-order valence-corrected chi connectivity index (χ4v) is 2.61. The van der Waals surface area contributed by atoms with Gasteiger partial charge in [-0.15, -0.1) is 0 Å². The summed E-state index contributed by atoms with van der Waals surface area (Å²) in [6.45, 7) is 9.75. The van der Waals surface area contributed by atoms with Gasteiger partial charge in [0.15, 0.2) is 0 Å². The van der Waals surface area contributed by atoms with E-state index in [-0.39, 0.29) is 5.91 Å². The Morgan fingerprint density at radius 1 is 1.19 bits per heavy atom. The molecule has 1 unspecified atom stereocenters. The number of nitrogens with zero attached hydrogens (tertiary/aromatic N) is 3. The van der Waals surface area contributed by atoms with Gasteiger partial charge in [0.1, 0.15) is 0 Å². The number of nitrogens with one attached hydrogen (secondary N) is 1. The third kappa shape index (κ3) is 6.30. The molecule has 3 N–H and O–H groups in total. The van der Waals surface area contributed by atoms with E-state index >= 15 is 0 Å². The number of likely N-dealkylation sites (N-methyl/N-ethyl adjacent to an activating group) is 2. The van der Waals surface area contributed by atoms with Gasteiger partial charge in [0, 0.05) is 39.3 Å². The molecule has 0 aromatic rings. The molecule has 6 heteroatoms. The summed E-state index contributed by atoms with van der Waals surface area (Å²) in [6, 6.07) is 0. The van der Waals surface area contributed by atoms with Crippen molar-refractivity contribution in [3.63, 3.8) is 0 Å². The number of amides is 1. The van der Waals surface area contributed by atoms with Crippen LogP contribution in [0.3, 0.4) is 0 Å². The number of piperazine rings is 1. The molecule has 1 amide bonds. The first-order valence-corrected chi connectivity index (χ1v) is 7.95. The van der Waals surface area contributed by atoms with Crippen LogP contribution in [-0.2, 0) is 4.79 Å². The summed E-state index contributed by atoms with van der Waals surface area (Å²) in [4.78, 5) is 18.7. The normalized spacial score (nSPS) is 20.6. The molecule has 0 aromatic carbocycles. The average Bonchev–Trinajstić information content (AvgIpc) is 2.46. The van der Waals surface area contributed by atoms with Gasteiger partial charge >= 0.3 is 0 Å². The maximum atomic E-state index is 11.4. The number of rotatable bonds is 9. The van der Waals surface area contributed by atoms with Gasteiger partial charge in [0.2, 0.25) is 5.91 Å². The molecule has 1 saturated heterocycles. The first kappa shape index (κ1) is 18.4. The highest BCUT2D eigenvalue weighted by atomic mass is 16.1. The monoisotopic (exact) mass is 299 g/mol. The zero-order valence-electron chi connectivity index (χ0n) is 14.2. The molecule has 21 heavy (non-hydrogen) atoms. The third-order valence-corrected chi connectivity index (χ3v) is 4.58. The van der Waals surface area contributed by atoms with Gasteiger partial charge in [-0.2, -0.15) is 0 Å². The SMILES string of the molecule is CNC(C)(CCCN1CCN(CCN(C)C)CC1)C(N)=O. The zero-order chi connectivity index (χ0) is 15.9. The van der Waals surface area contributed by atoms with Gasteiger partial charge in [0.25, 0.3) is 0 Å². The summed E-state index contributed by atoms with van der Waals surface area (Å²) < 4.78 is 0. The van der Waals surface area contributed by atoms with Crippen LogP contribution in [0.5, 0.6) is 0 Å². The number of nitrogens with two attached hydrogens (primary N) is 1. The molecule has 0 bridgehead atoms. The Bertz CT molecular complexity index is 315. The molecule has 124 valence electrons. The summed E-state index contributed by atoms with van der Waals surface area (Å²) in [7, 11) is 6.04. The van der Waals surface area contributed by atoms with Crippen molar-refractivity contribution in [1.29, 1.82) is 0 Å². The van der Waals surface area contributed by atoms with Crippen molar-refractivity contribution in [2.45, 2.75) is 25.3 Å². The second kappa shape index (κ2) is 8.68. The van der Waals surface area contributed by atoms with Crippen molar-refractivity contribution in [2.24, 2.45) is 5.73 Å². The number of primary amides is 1. The zero-order valence-corrected chi connectivity index (χ0v) is 14.2. The Kier molecular flexibility index (Phi) is 7.59. The molecule has 0 spiro atoms. The van der Waals surface area contributed by atoms with Crippen LogP contribution in [0.2, 0.25) is 0 Å². The lowest BCUT2D eigenvalue weighted by Gasteiger charge is -2.35. The summed E-state index contributed by atoms with van der Waals surface area (Å²) in [6.07, 6.45) is 1.79. The Morgan fingerprint density at radius 3 is 2.14 bits per heavy atom. The van der Waals surface area contributed by atoms with E-state index in [9.17, 15) is 4.79 Å². The van der Waals surface area contributed by atoms with Crippen LogP contribution in [-0.4, -0.2) is 93.1 Å². The second-order valence-corrected chi connectivity index (χ2v) is 6.54. The largest absolute Gasteiger partial charge is 0.368 e. The van der Waals surface area contributed by atoms with Crippen LogP contribution in [0.25, 0.3) is 0 Å². The first-order chi connectivity index (χ1) is 9.87. The number of hydrogen-bond donors (Lipinski definition) is 2. The minimum Gasteiger partial charge on any atom is -0.368 e. The van der Waals surface area contributed by atoms with E-state index < -0.39 is 5.54 Å². The van der Waals surface area contributed by atoms with Crippen LogP contribution in [0.15, 0.2) is 0 Å². The third-order valence-electron chi connectivity index (χ3n) is 4.58.